The van der Waals surface area contributed by atoms with Gasteiger partial charge in [-0.05, 0) is 43.7 Å². The van der Waals surface area contributed by atoms with Crippen molar-refractivity contribution in [2.24, 2.45) is 11.0 Å². The smallest absolute Gasteiger partial charge is 0.277 e. The molecule has 0 radical (unpaired) electrons. The number of amides is 1. The summed E-state index contributed by atoms with van der Waals surface area (Å²) in [5.41, 5.74) is 3.63. The second kappa shape index (κ2) is 7.67. The van der Waals surface area contributed by atoms with E-state index in [-0.39, 0.29) is 12.5 Å². The Kier molecular flexibility index (Phi) is 5.60. The average Bonchev–Trinajstić information content (AvgIpc) is 2.52. The fraction of sp³-hybridized carbons (Fsp3) is 0.500. The molecule has 5 nitrogen and oxygen atoms in total. The number of hydrazone groups is 1. The van der Waals surface area contributed by atoms with Crippen LogP contribution in [0.25, 0.3) is 0 Å². The molecule has 1 N–H and O–H groups in total. The number of ether oxygens (including phenoxy) is 2. The molecule has 0 saturated heterocycles. The zero-order valence-corrected chi connectivity index (χ0v) is 12.6. The lowest BCUT2D eigenvalue weighted by Crippen LogP contribution is -2.26. The molecule has 0 spiro atoms. The van der Waals surface area contributed by atoms with Gasteiger partial charge in [0.25, 0.3) is 5.91 Å². The van der Waals surface area contributed by atoms with E-state index >= 15 is 0 Å². The quantitative estimate of drug-likeness (QED) is 0.848. The maximum Gasteiger partial charge on any atom is 0.277 e. The molecule has 1 amide bonds. The Bertz CT molecular complexity index is 504. The molecule has 0 aromatic heterocycles. The highest BCUT2D eigenvalue weighted by Gasteiger charge is 2.14. The van der Waals surface area contributed by atoms with Crippen molar-refractivity contribution in [3.63, 3.8) is 0 Å². The molecule has 0 unspecified atom stereocenters. The first-order valence-corrected chi connectivity index (χ1v) is 7.29. The van der Waals surface area contributed by atoms with Crippen LogP contribution in [0.4, 0.5) is 0 Å². The number of hydrogen-bond donors (Lipinski definition) is 1. The van der Waals surface area contributed by atoms with E-state index in [0.717, 1.165) is 37.3 Å². The number of rotatable bonds is 5. The van der Waals surface area contributed by atoms with E-state index in [0.29, 0.717) is 11.5 Å². The van der Waals surface area contributed by atoms with E-state index in [2.05, 4.69) is 17.5 Å². The van der Waals surface area contributed by atoms with Crippen molar-refractivity contribution in [1.82, 2.24) is 5.43 Å². The highest BCUT2D eigenvalue weighted by Crippen LogP contribution is 2.25. The number of benzene rings is 1. The fourth-order valence-electron chi connectivity index (χ4n) is 2.26. The van der Waals surface area contributed by atoms with Crippen molar-refractivity contribution in [1.29, 1.82) is 0 Å². The summed E-state index contributed by atoms with van der Waals surface area (Å²) in [6, 6.07) is 7.23. The average molecular weight is 290 g/mol. The molecular weight excluding hydrogens is 268 g/mol. The first kappa shape index (κ1) is 15.4. The molecule has 1 saturated carbocycles. The van der Waals surface area contributed by atoms with Crippen LogP contribution in [0.3, 0.4) is 0 Å². The molecule has 0 aliphatic heterocycles. The Balaban J connectivity index is 1.78. The first-order chi connectivity index (χ1) is 10.2. The lowest BCUT2D eigenvalue weighted by atomic mass is 9.90. The third-order valence-electron chi connectivity index (χ3n) is 3.62. The number of carbonyl (C=O) groups is 1. The predicted molar refractivity (Wildman–Crippen MR) is 81.7 cm³/mol. The minimum atomic E-state index is -0.257. The van der Waals surface area contributed by atoms with E-state index in [1.165, 1.54) is 0 Å². The third kappa shape index (κ3) is 4.77. The van der Waals surface area contributed by atoms with Gasteiger partial charge in [0.05, 0.1) is 7.11 Å². The van der Waals surface area contributed by atoms with Crippen LogP contribution in [-0.4, -0.2) is 25.3 Å². The van der Waals surface area contributed by atoms with Crippen LogP contribution < -0.4 is 14.9 Å². The van der Waals surface area contributed by atoms with Gasteiger partial charge >= 0.3 is 0 Å². The lowest BCUT2D eigenvalue weighted by molar-refractivity contribution is -0.123. The molecule has 1 aromatic rings. The van der Waals surface area contributed by atoms with E-state index in [9.17, 15) is 4.79 Å². The van der Waals surface area contributed by atoms with Crippen LogP contribution in [0.5, 0.6) is 11.5 Å². The molecule has 1 aliphatic carbocycles. The van der Waals surface area contributed by atoms with Gasteiger partial charge in [-0.2, -0.15) is 5.10 Å². The van der Waals surface area contributed by atoms with Crippen LogP contribution in [0.15, 0.2) is 29.4 Å². The van der Waals surface area contributed by atoms with Gasteiger partial charge in [0, 0.05) is 5.71 Å². The molecule has 2 rings (SSSR count). The zero-order valence-electron chi connectivity index (χ0n) is 12.6. The first-order valence-electron chi connectivity index (χ1n) is 7.29. The standard InChI is InChI=1S/C16H22N2O3/c1-12-7-9-13(10-8-12)17-18-16(19)11-21-15-6-4-3-5-14(15)20-2/h3-6,12H,7-11H2,1-2H3,(H,18,19). The highest BCUT2D eigenvalue weighted by atomic mass is 16.5. The topological polar surface area (TPSA) is 59.9 Å². The Morgan fingerprint density at radius 3 is 2.62 bits per heavy atom. The number of para-hydroxylation sites is 2. The van der Waals surface area contributed by atoms with E-state index in [4.69, 9.17) is 9.47 Å². The van der Waals surface area contributed by atoms with Gasteiger partial charge in [-0.1, -0.05) is 19.1 Å². The molecule has 1 aromatic carbocycles. The summed E-state index contributed by atoms with van der Waals surface area (Å²) >= 11 is 0. The second-order valence-electron chi connectivity index (χ2n) is 5.34. The van der Waals surface area contributed by atoms with Crippen molar-refractivity contribution in [3.05, 3.63) is 24.3 Å². The van der Waals surface area contributed by atoms with Crippen LogP contribution in [0.2, 0.25) is 0 Å². The Hall–Kier alpha value is -2.04. The molecular formula is C16H22N2O3. The predicted octanol–water partition coefficient (Wildman–Crippen LogP) is 2.76. The number of nitrogens with zero attached hydrogens (tertiary/aromatic N) is 1. The van der Waals surface area contributed by atoms with Crippen molar-refractivity contribution < 1.29 is 14.3 Å². The monoisotopic (exact) mass is 290 g/mol. The van der Waals surface area contributed by atoms with Crippen molar-refractivity contribution >= 4 is 11.6 Å². The fourth-order valence-corrected chi connectivity index (χ4v) is 2.26. The summed E-state index contributed by atoms with van der Waals surface area (Å²) in [6.07, 6.45) is 4.22. The SMILES string of the molecule is COc1ccccc1OCC(=O)NN=C1CCC(C)CC1. The van der Waals surface area contributed by atoms with Gasteiger partial charge in [-0.15, -0.1) is 0 Å². The van der Waals surface area contributed by atoms with E-state index in [1.54, 1.807) is 19.2 Å². The van der Waals surface area contributed by atoms with Crippen LogP contribution in [0, 0.1) is 5.92 Å². The summed E-state index contributed by atoms with van der Waals surface area (Å²) in [4.78, 5) is 11.7. The van der Waals surface area contributed by atoms with Crippen LogP contribution in [0.1, 0.15) is 32.6 Å². The summed E-state index contributed by atoms with van der Waals surface area (Å²) in [5, 5.41) is 4.18. The number of hydrogen-bond acceptors (Lipinski definition) is 4. The van der Waals surface area contributed by atoms with Crippen LogP contribution >= 0.6 is 0 Å². The van der Waals surface area contributed by atoms with Gasteiger partial charge in [0.2, 0.25) is 0 Å². The lowest BCUT2D eigenvalue weighted by Gasteiger charge is -2.18. The van der Waals surface area contributed by atoms with Gasteiger partial charge in [-0.25, -0.2) is 5.43 Å². The molecule has 5 heteroatoms. The molecule has 0 heterocycles. The Morgan fingerprint density at radius 2 is 1.95 bits per heavy atom. The minimum absolute atomic E-state index is 0.0758. The van der Waals surface area contributed by atoms with E-state index in [1.807, 2.05) is 12.1 Å². The maximum absolute atomic E-state index is 11.7. The Labute approximate surface area is 125 Å². The Morgan fingerprint density at radius 1 is 1.29 bits per heavy atom. The minimum Gasteiger partial charge on any atom is -0.493 e. The van der Waals surface area contributed by atoms with Gasteiger partial charge in [0.1, 0.15) is 0 Å². The summed E-state index contributed by atoms with van der Waals surface area (Å²) in [7, 11) is 1.57. The molecule has 0 bridgehead atoms. The maximum atomic E-state index is 11.7. The number of methoxy groups -OCH3 is 1. The van der Waals surface area contributed by atoms with Crippen molar-refractivity contribution in [2.45, 2.75) is 32.6 Å². The van der Waals surface area contributed by atoms with Gasteiger partial charge in [0.15, 0.2) is 18.1 Å². The summed E-state index contributed by atoms with van der Waals surface area (Å²) < 4.78 is 10.6. The molecule has 114 valence electrons. The normalized spacial score (nSPS) is 18.0. The van der Waals surface area contributed by atoms with E-state index < -0.39 is 0 Å². The second-order valence-corrected chi connectivity index (χ2v) is 5.34. The molecule has 1 aliphatic rings. The molecule has 0 atom stereocenters. The van der Waals surface area contributed by atoms with Crippen LogP contribution in [-0.2, 0) is 4.79 Å². The van der Waals surface area contributed by atoms with Crippen molar-refractivity contribution in [2.75, 3.05) is 13.7 Å². The largest absolute Gasteiger partial charge is 0.493 e. The number of nitrogens with one attached hydrogen (secondary N) is 1. The highest BCUT2D eigenvalue weighted by molar-refractivity contribution is 5.87. The zero-order chi connectivity index (χ0) is 15.1. The summed E-state index contributed by atoms with van der Waals surface area (Å²) in [6.45, 7) is 2.17. The van der Waals surface area contributed by atoms with Crippen molar-refractivity contribution in [3.8, 4) is 11.5 Å². The molecule has 21 heavy (non-hydrogen) atoms. The molecule has 1 fully saturated rings. The number of carbonyl (C=O) groups excluding carboxylic acids is 1. The summed E-state index contributed by atoms with van der Waals surface area (Å²) in [5.74, 6) is 1.66. The van der Waals surface area contributed by atoms with Gasteiger partial charge < -0.3 is 9.47 Å². The third-order valence-corrected chi connectivity index (χ3v) is 3.62. The van der Waals surface area contributed by atoms with Gasteiger partial charge in [-0.3, -0.25) is 4.79 Å².